The van der Waals surface area contributed by atoms with Crippen molar-refractivity contribution in [2.45, 2.75) is 76.8 Å². The van der Waals surface area contributed by atoms with Crippen molar-refractivity contribution in [3.8, 4) is 11.3 Å². The Bertz CT molecular complexity index is 1340. The molecule has 1 saturated heterocycles. The van der Waals surface area contributed by atoms with Crippen LogP contribution in [-0.4, -0.2) is 66.5 Å². The monoisotopic (exact) mass is 529 g/mol. The molecule has 1 aromatic heterocycles. The summed E-state index contributed by atoms with van der Waals surface area (Å²) in [5.41, 5.74) is 8.14. The third kappa shape index (κ3) is 5.09. The van der Waals surface area contributed by atoms with Crippen LogP contribution < -0.4 is 4.90 Å². The molecule has 6 rings (SSSR count). The lowest BCUT2D eigenvalue weighted by Crippen LogP contribution is -2.46. The zero-order valence-corrected chi connectivity index (χ0v) is 23.6. The fraction of sp³-hybridized carbons (Fsp3) is 0.545. The Hall–Kier alpha value is -2.83. The number of carboxylic acids is 1. The summed E-state index contributed by atoms with van der Waals surface area (Å²) in [6, 6.07) is 13.3. The highest BCUT2D eigenvalue weighted by molar-refractivity contribution is 5.99. The van der Waals surface area contributed by atoms with Gasteiger partial charge in [0.15, 0.2) is 0 Å². The van der Waals surface area contributed by atoms with Gasteiger partial charge in [-0.1, -0.05) is 43.9 Å². The van der Waals surface area contributed by atoms with Gasteiger partial charge in [-0.2, -0.15) is 0 Å². The second kappa shape index (κ2) is 11.3. The minimum Gasteiger partial charge on any atom is -0.478 e. The highest BCUT2D eigenvalue weighted by Crippen LogP contribution is 2.47. The zero-order chi connectivity index (χ0) is 26.9. The summed E-state index contributed by atoms with van der Waals surface area (Å²) in [5, 5.41) is 11.1. The lowest BCUT2D eigenvalue weighted by molar-refractivity contribution is 0.0668. The average molecular weight is 530 g/mol. The van der Waals surface area contributed by atoms with Gasteiger partial charge >= 0.3 is 5.97 Å². The number of rotatable bonds is 7. The Kier molecular flexibility index (Phi) is 7.68. The van der Waals surface area contributed by atoms with Crippen LogP contribution in [0.25, 0.3) is 22.2 Å². The number of hydrogen-bond donors (Lipinski definition) is 1. The number of anilines is 1. The number of benzene rings is 2. The Morgan fingerprint density at radius 1 is 0.949 bits per heavy atom. The Labute approximate surface area is 232 Å². The third-order valence-corrected chi connectivity index (χ3v) is 9.47. The normalized spacial score (nSPS) is 20.6. The summed E-state index contributed by atoms with van der Waals surface area (Å²) in [4.78, 5) is 17.2. The molecule has 0 amide bonds. The maximum atomic E-state index is 12.0. The van der Waals surface area contributed by atoms with Crippen molar-refractivity contribution < 1.29 is 14.6 Å². The van der Waals surface area contributed by atoms with Crippen molar-refractivity contribution in [1.29, 1.82) is 0 Å². The zero-order valence-electron chi connectivity index (χ0n) is 23.6. The van der Waals surface area contributed by atoms with Crippen molar-refractivity contribution in [3.05, 3.63) is 53.1 Å². The number of carboxylic acid groups (broad SMARTS) is 1. The molecule has 2 aliphatic heterocycles. The molecular weight excluding hydrogens is 486 g/mol. The summed E-state index contributed by atoms with van der Waals surface area (Å²) >= 11 is 0. The van der Waals surface area contributed by atoms with E-state index in [9.17, 15) is 9.90 Å². The lowest BCUT2D eigenvalue weighted by atomic mass is 9.81. The molecule has 1 unspecified atom stereocenters. The SMILES string of the molecule is COCC1CCCCN1CCN1CCn2c(c(C3CCCCC3)c3ccc(C(=O)O)cc32)-c2ccc(C)cc21. The topological polar surface area (TPSA) is 57.9 Å². The number of ether oxygens (including phenoxy) is 1. The summed E-state index contributed by atoms with van der Waals surface area (Å²) in [7, 11) is 1.82. The molecule has 0 radical (unpaired) electrons. The first kappa shape index (κ1) is 26.4. The average Bonchev–Trinajstić information content (AvgIpc) is 3.19. The van der Waals surface area contributed by atoms with Crippen molar-refractivity contribution >= 4 is 22.6 Å². The van der Waals surface area contributed by atoms with E-state index >= 15 is 0 Å². The fourth-order valence-electron chi connectivity index (χ4n) is 7.50. The molecule has 0 bridgehead atoms. The number of aromatic carboxylic acids is 1. The first-order chi connectivity index (χ1) is 19.0. The molecule has 1 atom stereocenters. The van der Waals surface area contributed by atoms with E-state index in [1.165, 1.54) is 84.8 Å². The van der Waals surface area contributed by atoms with E-state index in [0.717, 1.165) is 44.8 Å². The summed E-state index contributed by atoms with van der Waals surface area (Å²) in [6.07, 6.45) is 10.1. The van der Waals surface area contributed by atoms with E-state index in [1.54, 1.807) is 6.07 Å². The van der Waals surface area contributed by atoms with Gasteiger partial charge in [0.25, 0.3) is 0 Å². The van der Waals surface area contributed by atoms with E-state index in [0.29, 0.717) is 17.5 Å². The van der Waals surface area contributed by atoms with Crippen LogP contribution in [-0.2, 0) is 11.3 Å². The van der Waals surface area contributed by atoms with Crippen LogP contribution in [0.5, 0.6) is 0 Å². The largest absolute Gasteiger partial charge is 0.478 e. The lowest BCUT2D eigenvalue weighted by Gasteiger charge is -2.37. The molecule has 3 aliphatic rings. The van der Waals surface area contributed by atoms with Crippen molar-refractivity contribution in [1.82, 2.24) is 9.47 Å². The van der Waals surface area contributed by atoms with Gasteiger partial charge in [0.05, 0.1) is 17.9 Å². The van der Waals surface area contributed by atoms with Gasteiger partial charge in [-0.05, 0) is 74.4 Å². The van der Waals surface area contributed by atoms with Crippen LogP contribution in [0.4, 0.5) is 5.69 Å². The molecule has 1 N–H and O–H groups in total. The Balaban J connectivity index is 1.43. The smallest absolute Gasteiger partial charge is 0.335 e. The van der Waals surface area contributed by atoms with Gasteiger partial charge < -0.3 is 19.3 Å². The second-order valence-electron chi connectivity index (χ2n) is 11.9. The highest BCUT2D eigenvalue weighted by Gasteiger charge is 2.31. The van der Waals surface area contributed by atoms with Crippen molar-refractivity contribution in [2.75, 3.05) is 44.8 Å². The predicted octanol–water partition coefficient (Wildman–Crippen LogP) is 6.68. The number of nitrogens with zero attached hydrogens (tertiary/aromatic N) is 3. The molecule has 0 spiro atoms. The molecule has 2 fully saturated rings. The molecule has 3 aromatic rings. The van der Waals surface area contributed by atoms with Gasteiger partial charge in [0.1, 0.15) is 0 Å². The fourth-order valence-corrected chi connectivity index (χ4v) is 7.50. The van der Waals surface area contributed by atoms with Crippen LogP contribution in [0.15, 0.2) is 36.4 Å². The van der Waals surface area contributed by atoms with Crippen LogP contribution in [0.2, 0.25) is 0 Å². The standard InChI is InChI=1S/C33H43N3O3/c1-23-11-13-28-29(20-23)35(17-16-34-15-7-6-10-26(34)22-39-2)18-19-36-30-21-25(33(37)38)12-14-27(30)31(32(28)36)24-8-4-3-5-9-24/h11-14,20-21,24,26H,3-10,15-19,22H2,1-2H3,(H,37,38). The minimum atomic E-state index is -0.856. The molecule has 208 valence electrons. The molecule has 39 heavy (non-hydrogen) atoms. The van der Waals surface area contributed by atoms with E-state index in [2.05, 4.69) is 45.6 Å². The Morgan fingerprint density at radius 2 is 1.77 bits per heavy atom. The number of aromatic nitrogens is 1. The number of methoxy groups -OCH3 is 1. The quantitative estimate of drug-likeness (QED) is 0.370. The number of piperidine rings is 1. The van der Waals surface area contributed by atoms with Gasteiger partial charge in [-0.15, -0.1) is 0 Å². The van der Waals surface area contributed by atoms with Crippen LogP contribution in [0.1, 0.15) is 78.8 Å². The van der Waals surface area contributed by atoms with Gasteiger partial charge in [0.2, 0.25) is 0 Å². The van der Waals surface area contributed by atoms with Gasteiger partial charge in [-0.25, -0.2) is 4.79 Å². The maximum absolute atomic E-state index is 12.0. The first-order valence-electron chi connectivity index (χ1n) is 15.0. The van der Waals surface area contributed by atoms with Gasteiger partial charge in [0, 0.05) is 61.5 Å². The predicted molar refractivity (Wildman–Crippen MR) is 158 cm³/mol. The van der Waals surface area contributed by atoms with E-state index < -0.39 is 5.97 Å². The number of aryl methyl sites for hydroxylation is 1. The van der Waals surface area contributed by atoms with Gasteiger partial charge in [-0.3, -0.25) is 4.90 Å². The van der Waals surface area contributed by atoms with E-state index in [4.69, 9.17) is 4.74 Å². The Morgan fingerprint density at radius 3 is 2.56 bits per heavy atom. The molecule has 6 heteroatoms. The van der Waals surface area contributed by atoms with Crippen LogP contribution in [0, 0.1) is 6.92 Å². The summed E-state index contributed by atoms with van der Waals surface area (Å²) in [5.74, 6) is -0.331. The number of hydrogen-bond acceptors (Lipinski definition) is 4. The number of fused-ring (bicyclic) bond motifs is 5. The van der Waals surface area contributed by atoms with Crippen LogP contribution in [0.3, 0.4) is 0 Å². The molecule has 2 aromatic carbocycles. The first-order valence-corrected chi connectivity index (χ1v) is 15.0. The van der Waals surface area contributed by atoms with Crippen molar-refractivity contribution in [3.63, 3.8) is 0 Å². The molecule has 1 saturated carbocycles. The summed E-state index contributed by atoms with van der Waals surface area (Å²) in [6.45, 7) is 7.95. The maximum Gasteiger partial charge on any atom is 0.335 e. The van der Waals surface area contributed by atoms with E-state index in [-0.39, 0.29) is 0 Å². The molecule has 1 aliphatic carbocycles. The highest BCUT2D eigenvalue weighted by atomic mass is 16.5. The third-order valence-electron chi connectivity index (χ3n) is 9.47. The van der Waals surface area contributed by atoms with Crippen LogP contribution >= 0.6 is 0 Å². The number of carbonyl (C=O) groups is 1. The molecule has 6 nitrogen and oxygen atoms in total. The minimum absolute atomic E-state index is 0.373. The summed E-state index contributed by atoms with van der Waals surface area (Å²) < 4.78 is 8.02. The molecule has 3 heterocycles. The molecular formula is C33H43N3O3. The van der Waals surface area contributed by atoms with E-state index in [1.807, 2.05) is 13.2 Å². The van der Waals surface area contributed by atoms with Crippen molar-refractivity contribution in [2.24, 2.45) is 0 Å². The second-order valence-corrected chi connectivity index (χ2v) is 11.9. The number of likely N-dealkylation sites (tertiary alicyclic amines) is 1.